The van der Waals surface area contributed by atoms with Gasteiger partial charge in [0.25, 0.3) is 11.8 Å². The average Bonchev–Trinajstić information content (AvgIpc) is 2.28. The number of carbonyl (C=O) groups is 1. The van der Waals surface area contributed by atoms with Crippen LogP contribution < -0.4 is 0 Å². The van der Waals surface area contributed by atoms with Crippen LogP contribution in [-0.4, -0.2) is 33.4 Å². The molecule has 1 amide bonds. The predicted octanol–water partition coefficient (Wildman–Crippen LogP) is 3.57. The first-order valence-electron chi connectivity index (χ1n) is 6.76. The third-order valence-corrected chi connectivity index (χ3v) is 3.78. The number of carbonyl (C=O) groups excluding carboxylic acids is 1. The number of alkyl halides is 2. The van der Waals surface area contributed by atoms with Gasteiger partial charge in [0.2, 0.25) is 0 Å². The molecule has 1 aromatic carbocycles. The Labute approximate surface area is 121 Å². The molecule has 0 radical (unpaired) electrons. The lowest BCUT2D eigenvalue weighted by atomic mass is 9.72. The number of aromatic hydroxyl groups is 1. The Morgan fingerprint density at radius 2 is 1.90 bits per heavy atom. The number of phenolic OH excluding ortho intramolecular Hbond substituents is 1. The molecular formula is C15H18F3NO2. The Morgan fingerprint density at radius 3 is 2.38 bits per heavy atom. The van der Waals surface area contributed by atoms with E-state index in [4.69, 9.17) is 0 Å². The fourth-order valence-corrected chi connectivity index (χ4v) is 3.15. The molecule has 1 aliphatic carbocycles. The highest BCUT2D eigenvalue weighted by Gasteiger charge is 2.58. The van der Waals surface area contributed by atoms with Crippen molar-refractivity contribution in [2.75, 3.05) is 0 Å². The van der Waals surface area contributed by atoms with Crippen LogP contribution in [0, 0.1) is 5.82 Å². The highest BCUT2D eigenvalue weighted by molar-refractivity contribution is 5.97. The minimum atomic E-state index is -2.79. The first kappa shape index (κ1) is 15.7. The maximum atomic E-state index is 13.3. The van der Waals surface area contributed by atoms with Crippen LogP contribution in [0.2, 0.25) is 0 Å². The first-order chi connectivity index (χ1) is 9.56. The molecule has 0 spiro atoms. The number of amides is 1. The number of rotatable bonds is 3. The molecule has 1 saturated carbocycles. The number of hydrogen-bond donors (Lipinski definition) is 1. The zero-order chi connectivity index (χ0) is 16.0. The number of benzene rings is 1. The van der Waals surface area contributed by atoms with Crippen LogP contribution in [0.3, 0.4) is 0 Å². The quantitative estimate of drug-likeness (QED) is 0.927. The molecule has 1 fully saturated rings. The first-order valence-corrected chi connectivity index (χ1v) is 6.76. The van der Waals surface area contributed by atoms with Gasteiger partial charge in [0.15, 0.2) is 0 Å². The molecule has 0 atom stereocenters. The molecule has 1 aliphatic rings. The van der Waals surface area contributed by atoms with E-state index in [1.807, 2.05) is 0 Å². The summed E-state index contributed by atoms with van der Waals surface area (Å²) in [7, 11) is 0. The highest BCUT2D eigenvalue weighted by Crippen LogP contribution is 2.50. The number of phenols is 1. The predicted molar refractivity (Wildman–Crippen MR) is 72.0 cm³/mol. The summed E-state index contributed by atoms with van der Waals surface area (Å²) >= 11 is 0. The Balaban J connectivity index is 2.35. The molecule has 116 valence electrons. The second-order valence-corrected chi connectivity index (χ2v) is 6.14. The molecule has 1 N–H and O–H groups in total. The van der Waals surface area contributed by atoms with Gasteiger partial charge < -0.3 is 10.0 Å². The molecule has 0 saturated heterocycles. The van der Waals surface area contributed by atoms with Crippen molar-refractivity contribution in [2.24, 2.45) is 0 Å². The summed E-state index contributed by atoms with van der Waals surface area (Å²) in [6, 6.07) is 2.69. The van der Waals surface area contributed by atoms with Crippen molar-refractivity contribution >= 4 is 5.91 Å². The fraction of sp³-hybridized carbons (Fsp3) is 0.533. The van der Waals surface area contributed by atoms with Gasteiger partial charge in [-0.25, -0.2) is 13.2 Å². The van der Waals surface area contributed by atoms with E-state index < -0.39 is 36.0 Å². The molecule has 0 bridgehead atoms. The maximum absolute atomic E-state index is 13.3. The van der Waals surface area contributed by atoms with Crippen LogP contribution >= 0.6 is 0 Å². The van der Waals surface area contributed by atoms with E-state index in [1.165, 1.54) is 4.90 Å². The van der Waals surface area contributed by atoms with E-state index in [1.54, 1.807) is 20.8 Å². The van der Waals surface area contributed by atoms with Gasteiger partial charge >= 0.3 is 0 Å². The van der Waals surface area contributed by atoms with Gasteiger partial charge in [-0.2, -0.15) is 0 Å². The molecule has 0 aliphatic heterocycles. The van der Waals surface area contributed by atoms with Gasteiger partial charge in [0.05, 0.1) is 11.1 Å². The second-order valence-electron chi connectivity index (χ2n) is 6.14. The van der Waals surface area contributed by atoms with Gasteiger partial charge in [-0.1, -0.05) is 0 Å². The van der Waals surface area contributed by atoms with E-state index in [0.29, 0.717) is 0 Å². The van der Waals surface area contributed by atoms with E-state index in [2.05, 4.69) is 0 Å². The SMILES string of the molecule is CC(C)N(C(=O)c1cc(F)ccc1O)C1(C)CC(F)(F)C1. The molecule has 21 heavy (non-hydrogen) atoms. The van der Waals surface area contributed by atoms with Crippen LogP contribution in [-0.2, 0) is 0 Å². The summed E-state index contributed by atoms with van der Waals surface area (Å²) in [6.07, 6.45) is -0.861. The van der Waals surface area contributed by atoms with Gasteiger partial charge in [-0.3, -0.25) is 4.79 Å². The van der Waals surface area contributed by atoms with Gasteiger partial charge in [0, 0.05) is 18.9 Å². The minimum absolute atomic E-state index is 0.208. The maximum Gasteiger partial charge on any atom is 0.258 e. The normalized spacial score (nSPS) is 19.2. The molecule has 3 nitrogen and oxygen atoms in total. The number of halogens is 3. The van der Waals surface area contributed by atoms with Crippen LogP contribution in [0.1, 0.15) is 44.0 Å². The Hall–Kier alpha value is -1.72. The number of hydrogen-bond acceptors (Lipinski definition) is 2. The lowest BCUT2D eigenvalue weighted by molar-refractivity contribution is -0.163. The third kappa shape index (κ3) is 2.84. The monoisotopic (exact) mass is 301 g/mol. The second kappa shape index (κ2) is 4.93. The highest BCUT2D eigenvalue weighted by atomic mass is 19.3. The Bertz CT molecular complexity index is 564. The summed E-state index contributed by atoms with van der Waals surface area (Å²) in [5.74, 6) is -4.45. The minimum Gasteiger partial charge on any atom is -0.507 e. The van der Waals surface area contributed by atoms with Gasteiger partial charge in [0.1, 0.15) is 11.6 Å². The van der Waals surface area contributed by atoms with Gasteiger partial charge in [-0.05, 0) is 39.0 Å². The summed E-state index contributed by atoms with van der Waals surface area (Å²) in [6.45, 7) is 4.99. The largest absolute Gasteiger partial charge is 0.507 e. The van der Waals surface area contributed by atoms with Crippen LogP contribution in [0.4, 0.5) is 13.2 Å². The molecule has 0 unspecified atom stereocenters. The van der Waals surface area contributed by atoms with Crippen LogP contribution in [0.15, 0.2) is 18.2 Å². The topological polar surface area (TPSA) is 40.5 Å². The van der Waals surface area contributed by atoms with Crippen molar-refractivity contribution in [3.05, 3.63) is 29.6 Å². The van der Waals surface area contributed by atoms with E-state index in [-0.39, 0.29) is 17.4 Å². The van der Waals surface area contributed by atoms with Crippen LogP contribution in [0.25, 0.3) is 0 Å². The zero-order valence-corrected chi connectivity index (χ0v) is 12.2. The zero-order valence-electron chi connectivity index (χ0n) is 12.2. The molecule has 2 rings (SSSR count). The molecule has 6 heteroatoms. The number of nitrogens with zero attached hydrogens (tertiary/aromatic N) is 1. The fourth-order valence-electron chi connectivity index (χ4n) is 3.15. The van der Waals surface area contributed by atoms with Crippen LogP contribution in [0.5, 0.6) is 5.75 Å². The third-order valence-electron chi connectivity index (χ3n) is 3.78. The van der Waals surface area contributed by atoms with Crippen molar-refractivity contribution in [1.82, 2.24) is 4.90 Å². The van der Waals surface area contributed by atoms with Crippen molar-refractivity contribution in [3.8, 4) is 5.75 Å². The van der Waals surface area contributed by atoms with E-state index in [9.17, 15) is 23.1 Å². The van der Waals surface area contributed by atoms with E-state index >= 15 is 0 Å². The Morgan fingerprint density at radius 1 is 1.33 bits per heavy atom. The lowest BCUT2D eigenvalue weighted by Gasteiger charge is -2.53. The molecule has 1 aromatic rings. The lowest BCUT2D eigenvalue weighted by Crippen LogP contribution is -2.64. The average molecular weight is 301 g/mol. The molecule has 0 aromatic heterocycles. The Kier molecular flexibility index (Phi) is 3.68. The standard InChI is InChI=1S/C15H18F3NO2/c1-9(2)19(14(3)7-15(17,18)8-14)13(21)11-6-10(16)4-5-12(11)20/h4-6,9,20H,7-8H2,1-3H3. The summed E-state index contributed by atoms with van der Waals surface area (Å²) in [5, 5.41) is 9.73. The smallest absolute Gasteiger partial charge is 0.258 e. The molecule has 0 heterocycles. The van der Waals surface area contributed by atoms with Crippen molar-refractivity contribution < 1.29 is 23.1 Å². The van der Waals surface area contributed by atoms with E-state index in [0.717, 1.165) is 18.2 Å². The summed E-state index contributed by atoms with van der Waals surface area (Å²) in [5.41, 5.74) is -1.20. The summed E-state index contributed by atoms with van der Waals surface area (Å²) in [4.78, 5) is 13.9. The van der Waals surface area contributed by atoms with Crippen molar-refractivity contribution in [2.45, 2.75) is 51.1 Å². The summed E-state index contributed by atoms with van der Waals surface area (Å²) < 4.78 is 39.7. The van der Waals surface area contributed by atoms with Crippen molar-refractivity contribution in [3.63, 3.8) is 0 Å². The van der Waals surface area contributed by atoms with Crippen molar-refractivity contribution in [1.29, 1.82) is 0 Å². The molecular weight excluding hydrogens is 283 g/mol. The van der Waals surface area contributed by atoms with Gasteiger partial charge in [-0.15, -0.1) is 0 Å².